The Kier molecular flexibility index (Phi) is 7.55. The molecule has 0 bridgehead atoms. The van der Waals surface area contributed by atoms with E-state index in [9.17, 15) is 0 Å². The lowest BCUT2D eigenvalue weighted by atomic mass is 10.2. The van der Waals surface area contributed by atoms with E-state index in [0.29, 0.717) is 24.7 Å². The van der Waals surface area contributed by atoms with Gasteiger partial charge in [-0.25, -0.2) is 0 Å². The molecular weight excluding hydrogens is 420 g/mol. The highest BCUT2D eigenvalue weighted by atomic mass is 32.2. The summed E-state index contributed by atoms with van der Waals surface area (Å²) >= 11 is 1.59. The van der Waals surface area contributed by atoms with E-state index < -0.39 is 0 Å². The molecule has 4 aromatic rings. The van der Waals surface area contributed by atoms with Crippen molar-refractivity contribution in [3.63, 3.8) is 0 Å². The number of thioether (sulfide) groups is 1. The lowest BCUT2D eigenvalue weighted by molar-refractivity contribution is 0.269. The van der Waals surface area contributed by atoms with Crippen LogP contribution in [0, 0.1) is 0 Å². The summed E-state index contributed by atoms with van der Waals surface area (Å²) in [5.41, 5.74) is 3.23. The maximum absolute atomic E-state index is 5.98. The second kappa shape index (κ2) is 11.2. The van der Waals surface area contributed by atoms with Gasteiger partial charge < -0.3 is 9.47 Å². The van der Waals surface area contributed by atoms with E-state index >= 15 is 0 Å². The summed E-state index contributed by atoms with van der Waals surface area (Å²) in [7, 11) is 0. The first-order chi connectivity index (χ1) is 15.8. The van der Waals surface area contributed by atoms with Gasteiger partial charge >= 0.3 is 0 Å². The molecule has 32 heavy (non-hydrogen) atoms. The molecule has 4 rings (SSSR count). The average Bonchev–Trinajstić information content (AvgIpc) is 3.30. The highest BCUT2D eigenvalue weighted by molar-refractivity contribution is 7.98. The monoisotopic (exact) mass is 444 g/mol. The maximum Gasteiger partial charge on any atom is 0.212 e. The SMILES string of the molecule is CCOc1cc(/C=N\n2cnnc2SCc2ccccc2)ccc1OCc1ccccc1. The van der Waals surface area contributed by atoms with Crippen LogP contribution < -0.4 is 9.47 Å². The molecule has 0 N–H and O–H groups in total. The Hall–Kier alpha value is -3.58. The van der Waals surface area contributed by atoms with Gasteiger partial charge in [0, 0.05) is 5.75 Å². The zero-order valence-electron chi connectivity index (χ0n) is 17.8. The molecule has 0 saturated carbocycles. The Morgan fingerprint density at radius 2 is 1.66 bits per heavy atom. The standard InChI is InChI=1S/C25H24N4O2S/c1-2-30-24-15-22(13-14-23(24)31-17-20-9-5-3-6-10-20)16-27-29-19-26-28-25(29)32-18-21-11-7-4-8-12-21/h3-16,19H,2,17-18H2,1H3/b27-16-. The fraction of sp³-hybridized carbons (Fsp3) is 0.160. The molecule has 0 aliphatic rings. The number of hydrogen-bond donors (Lipinski definition) is 0. The van der Waals surface area contributed by atoms with E-state index in [1.807, 2.05) is 73.7 Å². The van der Waals surface area contributed by atoms with Crippen LogP contribution >= 0.6 is 11.8 Å². The minimum absolute atomic E-state index is 0.483. The van der Waals surface area contributed by atoms with Crippen molar-refractivity contribution < 1.29 is 9.47 Å². The summed E-state index contributed by atoms with van der Waals surface area (Å²) in [6, 6.07) is 26.1. The van der Waals surface area contributed by atoms with E-state index in [4.69, 9.17) is 9.47 Å². The van der Waals surface area contributed by atoms with E-state index in [0.717, 1.165) is 22.0 Å². The second-order valence-electron chi connectivity index (χ2n) is 6.89. The van der Waals surface area contributed by atoms with Gasteiger partial charge in [0.15, 0.2) is 11.5 Å². The van der Waals surface area contributed by atoms with Gasteiger partial charge in [0.1, 0.15) is 12.9 Å². The molecule has 0 radical (unpaired) electrons. The van der Waals surface area contributed by atoms with Crippen molar-refractivity contribution in [2.75, 3.05) is 6.61 Å². The molecule has 0 aliphatic heterocycles. The average molecular weight is 445 g/mol. The smallest absolute Gasteiger partial charge is 0.212 e. The van der Waals surface area contributed by atoms with Gasteiger partial charge in [-0.15, -0.1) is 10.2 Å². The van der Waals surface area contributed by atoms with Crippen molar-refractivity contribution >= 4 is 18.0 Å². The Balaban J connectivity index is 1.43. The molecule has 0 spiro atoms. The first-order valence-corrected chi connectivity index (χ1v) is 11.3. The molecule has 7 heteroatoms. The maximum atomic E-state index is 5.98. The summed E-state index contributed by atoms with van der Waals surface area (Å²) in [5, 5.41) is 13.4. The molecule has 0 saturated heterocycles. The first-order valence-electron chi connectivity index (χ1n) is 10.4. The van der Waals surface area contributed by atoms with Gasteiger partial charge in [0.2, 0.25) is 5.16 Å². The Bertz CT molecular complexity index is 1150. The number of nitrogens with zero attached hydrogens (tertiary/aromatic N) is 4. The molecule has 6 nitrogen and oxygen atoms in total. The third-order valence-corrected chi connectivity index (χ3v) is 5.55. The van der Waals surface area contributed by atoms with Crippen LogP contribution in [0.2, 0.25) is 0 Å². The van der Waals surface area contributed by atoms with Gasteiger partial charge in [0.05, 0.1) is 12.8 Å². The van der Waals surface area contributed by atoms with Crippen LogP contribution in [0.1, 0.15) is 23.6 Å². The van der Waals surface area contributed by atoms with Crippen LogP contribution in [0.5, 0.6) is 11.5 Å². The number of ether oxygens (including phenoxy) is 2. The Morgan fingerprint density at radius 3 is 2.41 bits per heavy atom. The minimum atomic E-state index is 0.483. The summed E-state index contributed by atoms with van der Waals surface area (Å²) < 4.78 is 13.4. The van der Waals surface area contributed by atoms with Crippen molar-refractivity contribution in [3.05, 3.63) is 102 Å². The molecular formula is C25H24N4O2S. The fourth-order valence-corrected chi connectivity index (χ4v) is 3.79. The Labute approximate surface area is 191 Å². The minimum Gasteiger partial charge on any atom is -0.490 e. The van der Waals surface area contributed by atoms with E-state index in [2.05, 4.69) is 27.4 Å². The van der Waals surface area contributed by atoms with Crippen LogP contribution in [0.25, 0.3) is 0 Å². The largest absolute Gasteiger partial charge is 0.490 e. The van der Waals surface area contributed by atoms with Crippen LogP contribution in [0.15, 0.2) is 95.4 Å². The summed E-state index contributed by atoms with van der Waals surface area (Å²) in [6.07, 6.45) is 3.37. The predicted octanol–water partition coefficient (Wildman–Crippen LogP) is 5.43. The molecule has 0 fully saturated rings. The highest BCUT2D eigenvalue weighted by Crippen LogP contribution is 2.29. The lowest BCUT2D eigenvalue weighted by Gasteiger charge is -2.12. The molecule has 3 aromatic carbocycles. The fourth-order valence-electron chi connectivity index (χ4n) is 2.97. The van der Waals surface area contributed by atoms with Crippen molar-refractivity contribution in [2.45, 2.75) is 24.4 Å². The molecule has 0 atom stereocenters. The number of benzene rings is 3. The van der Waals surface area contributed by atoms with E-state index in [1.54, 1.807) is 29.0 Å². The second-order valence-corrected chi connectivity index (χ2v) is 7.83. The van der Waals surface area contributed by atoms with E-state index in [-0.39, 0.29) is 0 Å². The molecule has 162 valence electrons. The Morgan fingerprint density at radius 1 is 0.906 bits per heavy atom. The molecule has 0 aliphatic carbocycles. The van der Waals surface area contributed by atoms with Crippen LogP contribution in [0.3, 0.4) is 0 Å². The number of hydrogen-bond acceptors (Lipinski definition) is 6. The van der Waals surface area contributed by atoms with Crippen LogP contribution in [0.4, 0.5) is 0 Å². The quantitative estimate of drug-likeness (QED) is 0.241. The highest BCUT2D eigenvalue weighted by Gasteiger charge is 2.08. The number of rotatable bonds is 10. The normalized spacial score (nSPS) is 11.0. The molecule has 0 unspecified atom stereocenters. The van der Waals surface area contributed by atoms with Gasteiger partial charge in [-0.05, 0) is 41.8 Å². The van der Waals surface area contributed by atoms with Crippen molar-refractivity contribution in [1.82, 2.24) is 14.9 Å². The third-order valence-electron chi connectivity index (χ3n) is 4.55. The van der Waals surface area contributed by atoms with Crippen molar-refractivity contribution in [1.29, 1.82) is 0 Å². The summed E-state index contributed by atoms with van der Waals surface area (Å²) in [4.78, 5) is 0. The molecule has 1 aromatic heterocycles. The van der Waals surface area contributed by atoms with Crippen molar-refractivity contribution in [3.8, 4) is 11.5 Å². The van der Waals surface area contributed by atoms with E-state index in [1.165, 1.54) is 5.56 Å². The lowest BCUT2D eigenvalue weighted by Crippen LogP contribution is -2.00. The third kappa shape index (κ3) is 5.98. The van der Waals surface area contributed by atoms with Gasteiger partial charge in [-0.1, -0.05) is 72.4 Å². The van der Waals surface area contributed by atoms with Crippen LogP contribution in [-0.4, -0.2) is 27.7 Å². The van der Waals surface area contributed by atoms with Gasteiger partial charge in [-0.2, -0.15) is 9.78 Å². The summed E-state index contributed by atoms with van der Waals surface area (Å²) in [5.74, 6) is 2.20. The topological polar surface area (TPSA) is 61.5 Å². The van der Waals surface area contributed by atoms with Gasteiger partial charge in [-0.3, -0.25) is 0 Å². The zero-order valence-corrected chi connectivity index (χ0v) is 18.6. The number of aromatic nitrogens is 3. The van der Waals surface area contributed by atoms with Crippen LogP contribution in [-0.2, 0) is 12.4 Å². The summed E-state index contributed by atoms with van der Waals surface area (Å²) in [6.45, 7) is 2.99. The molecule has 1 heterocycles. The molecule has 0 amide bonds. The predicted molar refractivity (Wildman–Crippen MR) is 127 cm³/mol. The van der Waals surface area contributed by atoms with Gasteiger partial charge in [0.25, 0.3) is 0 Å². The first kappa shape index (κ1) is 21.6. The van der Waals surface area contributed by atoms with Crippen molar-refractivity contribution in [2.24, 2.45) is 5.10 Å². The zero-order chi connectivity index (χ0) is 22.0.